The number of hydrogen-bond acceptors (Lipinski definition) is 2. The quantitative estimate of drug-likeness (QED) is 0.597. The molecule has 0 bridgehead atoms. The molecular formula is C25H20O2. The normalized spacial score (nSPS) is 20.7. The number of rotatable bonds is 4. The maximum Gasteiger partial charge on any atom is 0.185 e. The molecular weight excluding hydrogens is 332 g/mol. The Balaban J connectivity index is 1.97. The number of methoxy groups -OCH3 is 1. The van der Waals surface area contributed by atoms with Crippen molar-refractivity contribution in [1.82, 2.24) is 0 Å². The third-order valence-corrected chi connectivity index (χ3v) is 4.98. The number of hydrogen-bond donors (Lipinski definition) is 0. The van der Waals surface area contributed by atoms with Gasteiger partial charge in [-0.25, -0.2) is 0 Å². The summed E-state index contributed by atoms with van der Waals surface area (Å²) in [5, 5.41) is 0. The summed E-state index contributed by atoms with van der Waals surface area (Å²) >= 11 is 0. The topological polar surface area (TPSA) is 26.3 Å². The Hall–Kier alpha value is -3.23. The number of ketones is 1. The van der Waals surface area contributed by atoms with Crippen LogP contribution in [0, 0.1) is 0 Å². The van der Waals surface area contributed by atoms with Gasteiger partial charge in [-0.2, -0.15) is 0 Å². The first-order valence-electron chi connectivity index (χ1n) is 8.95. The zero-order chi connectivity index (χ0) is 18.7. The van der Waals surface area contributed by atoms with E-state index in [1.807, 2.05) is 97.1 Å². The van der Waals surface area contributed by atoms with Gasteiger partial charge in [0.2, 0.25) is 0 Å². The summed E-state index contributed by atoms with van der Waals surface area (Å²) in [6.07, 6.45) is 3.64. The maximum atomic E-state index is 13.1. The highest BCUT2D eigenvalue weighted by Crippen LogP contribution is 2.50. The van der Waals surface area contributed by atoms with Crippen molar-refractivity contribution in [3.8, 4) is 0 Å². The van der Waals surface area contributed by atoms with Gasteiger partial charge in [0.25, 0.3) is 0 Å². The van der Waals surface area contributed by atoms with E-state index in [4.69, 9.17) is 4.74 Å². The third kappa shape index (κ3) is 2.94. The molecule has 132 valence electrons. The molecule has 0 N–H and O–H groups in total. The Bertz CT molecular complexity index is 1000. The van der Waals surface area contributed by atoms with Crippen LogP contribution in [0.5, 0.6) is 0 Å². The van der Waals surface area contributed by atoms with Gasteiger partial charge in [-0.3, -0.25) is 4.79 Å². The molecule has 27 heavy (non-hydrogen) atoms. The van der Waals surface area contributed by atoms with Crippen molar-refractivity contribution >= 4 is 17.4 Å². The second kappa shape index (κ2) is 7.18. The van der Waals surface area contributed by atoms with Crippen molar-refractivity contribution < 1.29 is 9.53 Å². The van der Waals surface area contributed by atoms with Crippen LogP contribution < -0.4 is 0 Å². The summed E-state index contributed by atoms with van der Waals surface area (Å²) in [6.45, 7) is 0. The Labute approximate surface area is 159 Å². The van der Waals surface area contributed by atoms with Crippen LogP contribution in [0.25, 0.3) is 11.6 Å². The van der Waals surface area contributed by atoms with Crippen LogP contribution in [0.15, 0.2) is 103 Å². The van der Waals surface area contributed by atoms with Crippen molar-refractivity contribution in [3.05, 3.63) is 119 Å². The lowest BCUT2D eigenvalue weighted by atomic mass is 9.80. The molecule has 1 unspecified atom stereocenters. The largest absolute Gasteiger partial charge is 0.364 e. The monoisotopic (exact) mass is 352 g/mol. The van der Waals surface area contributed by atoms with Crippen LogP contribution in [0.2, 0.25) is 0 Å². The van der Waals surface area contributed by atoms with Gasteiger partial charge < -0.3 is 4.74 Å². The van der Waals surface area contributed by atoms with E-state index in [2.05, 4.69) is 0 Å². The van der Waals surface area contributed by atoms with Crippen LogP contribution >= 0.6 is 0 Å². The molecule has 0 aromatic heterocycles. The Kier molecular flexibility index (Phi) is 4.57. The van der Waals surface area contributed by atoms with E-state index in [0.717, 1.165) is 22.3 Å². The second-order valence-corrected chi connectivity index (χ2v) is 6.51. The summed E-state index contributed by atoms with van der Waals surface area (Å²) in [5.74, 6) is -0.0246. The zero-order valence-corrected chi connectivity index (χ0v) is 15.1. The predicted molar refractivity (Wildman–Crippen MR) is 109 cm³/mol. The molecule has 0 spiro atoms. The molecule has 1 atom stereocenters. The lowest BCUT2D eigenvalue weighted by molar-refractivity contribution is -0.112. The molecule has 2 nitrogen and oxygen atoms in total. The first-order valence-corrected chi connectivity index (χ1v) is 8.95. The van der Waals surface area contributed by atoms with Gasteiger partial charge in [0, 0.05) is 18.3 Å². The van der Waals surface area contributed by atoms with Crippen molar-refractivity contribution in [1.29, 1.82) is 0 Å². The smallest absolute Gasteiger partial charge is 0.185 e. The lowest BCUT2D eigenvalue weighted by Crippen LogP contribution is -2.31. The Morgan fingerprint density at radius 2 is 1.33 bits per heavy atom. The molecule has 0 saturated heterocycles. The molecule has 0 aliphatic heterocycles. The first kappa shape index (κ1) is 17.2. The molecule has 2 heteroatoms. The van der Waals surface area contributed by atoms with Crippen molar-refractivity contribution in [2.45, 2.75) is 5.60 Å². The Morgan fingerprint density at radius 3 is 1.93 bits per heavy atom. The van der Waals surface area contributed by atoms with Gasteiger partial charge in [-0.15, -0.1) is 0 Å². The summed E-state index contributed by atoms with van der Waals surface area (Å²) in [7, 11) is 1.67. The highest BCUT2D eigenvalue weighted by atomic mass is 16.5. The minimum Gasteiger partial charge on any atom is -0.364 e. The van der Waals surface area contributed by atoms with Crippen LogP contribution in [0.3, 0.4) is 0 Å². The van der Waals surface area contributed by atoms with E-state index < -0.39 is 5.60 Å². The molecule has 1 aliphatic rings. The summed E-state index contributed by atoms with van der Waals surface area (Å²) in [6, 6.07) is 29.8. The molecule has 3 aromatic rings. The molecule has 0 amide bonds. The number of carbonyl (C=O) groups excluding carboxylic acids is 1. The van der Waals surface area contributed by atoms with Crippen LogP contribution in [0.4, 0.5) is 0 Å². The van der Waals surface area contributed by atoms with Gasteiger partial charge in [-0.05, 0) is 28.8 Å². The minimum absolute atomic E-state index is 0.0246. The van der Waals surface area contributed by atoms with Crippen LogP contribution in [0.1, 0.15) is 16.7 Å². The summed E-state index contributed by atoms with van der Waals surface area (Å²) in [4.78, 5) is 13.1. The fraction of sp³-hybridized carbons (Fsp3) is 0.0800. The third-order valence-electron chi connectivity index (χ3n) is 4.98. The SMILES string of the molecule is COC1(c2ccccc2)C(c2ccccc2)=CC(=O)/C1=C\c1ccccc1. The van der Waals surface area contributed by atoms with E-state index >= 15 is 0 Å². The molecule has 0 saturated carbocycles. The summed E-state index contributed by atoms with van der Waals surface area (Å²) < 4.78 is 6.15. The average Bonchev–Trinajstić information content (AvgIpc) is 3.03. The van der Waals surface area contributed by atoms with Gasteiger partial charge >= 0.3 is 0 Å². The van der Waals surface area contributed by atoms with Crippen molar-refractivity contribution in [2.24, 2.45) is 0 Å². The van der Waals surface area contributed by atoms with E-state index in [9.17, 15) is 4.79 Å². The van der Waals surface area contributed by atoms with Gasteiger partial charge in [0.05, 0.1) is 0 Å². The van der Waals surface area contributed by atoms with E-state index in [-0.39, 0.29) is 5.78 Å². The van der Waals surface area contributed by atoms with E-state index in [1.165, 1.54) is 0 Å². The molecule has 0 fully saturated rings. The van der Waals surface area contributed by atoms with Crippen LogP contribution in [-0.4, -0.2) is 12.9 Å². The second-order valence-electron chi connectivity index (χ2n) is 6.51. The predicted octanol–water partition coefficient (Wildman–Crippen LogP) is 5.28. The van der Waals surface area contributed by atoms with E-state index in [1.54, 1.807) is 13.2 Å². The molecule has 0 radical (unpaired) electrons. The van der Waals surface area contributed by atoms with Gasteiger partial charge in [0.15, 0.2) is 5.78 Å². The molecule has 3 aromatic carbocycles. The maximum absolute atomic E-state index is 13.1. The number of benzene rings is 3. The standard InChI is InChI=1S/C25H20O2/c1-27-25(21-15-9-4-10-16-21)22(20-13-7-3-8-14-20)18-24(26)23(25)17-19-11-5-2-6-12-19/h2-18H,1H3/b23-17+. The van der Waals surface area contributed by atoms with Crippen molar-refractivity contribution in [2.75, 3.05) is 7.11 Å². The first-order chi connectivity index (χ1) is 13.3. The average molecular weight is 352 g/mol. The van der Waals surface area contributed by atoms with Gasteiger partial charge in [-0.1, -0.05) is 91.0 Å². The highest BCUT2D eigenvalue weighted by molar-refractivity contribution is 6.20. The fourth-order valence-corrected chi connectivity index (χ4v) is 3.74. The number of carbonyl (C=O) groups is 1. The molecule has 0 heterocycles. The summed E-state index contributed by atoms with van der Waals surface area (Å²) in [5.41, 5.74) is 3.45. The van der Waals surface area contributed by atoms with Gasteiger partial charge in [0.1, 0.15) is 5.60 Å². The minimum atomic E-state index is -0.935. The Morgan fingerprint density at radius 1 is 0.778 bits per heavy atom. The number of allylic oxidation sites excluding steroid dienone is 1. The lowest BCUT2D eigenvalue weighted by Gasteiger charge is -2.33. The zero-order valence-electron chi connectivity index (χ0n) is 15.1. The molecule has 4 rings (SSSR count). The fourth-order valence-electron chi connectivity index (χ4n) is 3.74. The molecule has 1 aliphatic carbocycles. The number of ether oxygens (including phenoxy) is 1. The van der Waals surface area contributed by atoms with Crippen LogP contribution in [-0.2, 0) is 15.1 Å². The highest BCUT2D eigenvalue weighted by Gasteiger charge is 2.48. The van der Waals surface area contributed by atoms with Crippen molar-refractivity contribution in [3.63, 3.8) is 0 Å². The van der Waals surface area contributed by atoms with E-state index in [0.29, 0.717) is 5.57 Å².